The number of hydrogen-bond acceptors (Lipinski definition) is 2. The summed E-state index contributed by atoms with van der Waals surface area (Å²) in [6.45, 7) is 4.23. The van der Waals surface area contributed by atoms with Gasteiger partial charge in [-0.05, 0) is 43.7 Å². The van der Waals surface area contributed by atoms with Crippen LogP contribution in [0.1, 0.15) is 11.1 Å². The summed E-state index contributed by atoms with van der Waals surface area (Å²) in [5.74, 6) is 0. The van der Waals surface area contributed by atoms with Crippen LogP contribution >= 0.6 is 0 Å². The van der Waals surface area contributed by atoms with Crippen molar-refractivity contribution in [3.05, 3.63) is 60.0 Å². The first kappa shape index (κ1) is 13.0. The van der Waals surface area contributed by atoms with Gasteiger partial charge in [0.1, 0.15) is 18.2 Å². The van der Waals surface area contributed by atoms with Crippen molar-refractivity contribution in [3.8, 4) is 11.3 Å². The lowest BCUT2D eigenvalue weighted by atomic mass is 10.0. The predicted molar refractivity (Wildman–Crippen MR) is 87.6 cm³/mol. The van der Waals surface area contributed by atoms with Crippen LogP contribution in [-0.2, 0) is 7.05 Å². The minimum absolute atomic E-state index is 0.884. The highest BCUT2D eigenvalue weighted by Crippen LogP contribution is 2.33. The van der Waals surface area contributed by atoms with Crippen LogP contribution in [0, 0.1) is 13.8 Å². The van der Waals surface area contributed by atoms with E-state index in [0.29, 0.717) is 0 Å². The molecule has 0 unspecified atom stereocenters. The minimum Gasteiger partial charge on any atom is -0.456 e. The van der Waals surface area contributed by atoms with Crippen molar-refractivity contribution in [2.24, 2.45) is 7.05 Å². The molecular weight excluding hydrogens is 272 g/mol. The normalized spacial score (nSPS) is 11.4. The third kappa shape index (κ3) is 1.90. The van der Waals surface area contributed by atoms with Gasteiger partial charge in [0, 0.05) is 40.4 Å². The molecule has 0 radical (unpaired) electrons. The van der Waals surface area contributed by atoms with Gasteiger partial charge in [0.25, 0.3) is 0 Å². The van der Waals surface area contributed by atoms with Gasteiger partial charge in [-0.1, -0.05) is 0 Å². The first-order valence-corrected chi connectivity index (χ1v) is 7.37. The third-order valence-corrected chi connectivity index (χ3v) is 4.18. The molecule has 0 amide bonds. The average molecular weight is 289 g/mol. The van der Waals surface area contributed by atoms with Crippen LogP contribution in [0.15, 0.2) is 53.3 Å². The fourth-order valence-corrected chi connectivity index (χ4v) is 3.07. The predicted octanol–water partition coefficient (Wildman–Crippen LogP) is 4.09. The number of benzene rings is 1. The smallest absolute Gasteiger partial charge is 0.212 e. The van der Waals surface area contributed by atoms with E-state index < -0.39 is 0 Å². The zero-order valence-electron chi connectivity index (χ0n) is 12.9. The lowest BCUT2D eigenvalue weighted by molar-refractivity contribution is -0.660. The zero-order chi connectivity index (χ0) is 15.3. The van der Waals surface area contributed by atoms with E-state index in [1.807, 2.05) is 12.3 Å². The van der Waals surface area contributed by atoms with E-state index in [-0.39, 0.29) is 0 Å². The molecule has 22 heavy (non-hydrogen) atoms. The highest BCUT2D eigenvalue weighted by Gasteiger charge is 2.16. The van der Waals surface area contributed by atoms with Gasteiger partial charge in [-0.3, -0.25) is 4.98 Å². The lowest BCUT2D eigenvalue weighted by Crippen LogP contribution is -2.31. The molecule has 4 aromatic rings. The van der Waals surface area contributed by atoms with Gasteiger partial charge in [-0.15, -0.1) is 0 Å². The Hall–Kier alpha value is -2.68. The van der Waals surface area contributed by atoms with E-state index in [1.165, 1.54) is 22.4 Å². The van der Waals surface area contributed by atoms with Gasteiger partial charge in [-0.2, -0.15) is 0 Å². The number of pyridine rings is 2. The van der Waals surface area contributed by atoms with Gasteiger partial charge in [0.2, 0.25) is 5.69 Å². The van der Waals surface area contributed by atoms with Gasteiger partial charge < -0.3 is 4.42 Å². The second kappa shape index (κ2) is 4.67. The molecule has 3 aromatic heterocycles. The molecule has 4 rings (SSSR count). The monoisotopic (exact) mass is 289 g/mol. The topological polar surface area (TPSA) is 29.9 Å². The van der Waals surface area contributed by atoms with E-state index >= 15 is 0 Å². The molecule has 0 atom stereocenters. The maximum atomic E-state index is 5.93. The average Bonchev–Trinajstić information content (AvgIpc) is 2.84. The number of aryl methyl sites for hydroxylation is 3. The number of hydrogen-bond donors (Lipinski definition) is 0. The summed E-state index contributed by atoms with van der Waals surface area (Å²) < 4.78 is 8.10. The van der Waals surface area contributed by atoms with Crippen molar-refractivity contribution in [1.29, 1.82) is 0 Å². The molecule has 3 nitrogen and oxygen atoms in total. The van der Waals surface area contributed by atoms with Crippen LogP contribution < -0.4 is 4.57 Å². The van der Waals surface area contributed by atoms with Crippen molar-refractivity contribution >= 4 is 21.9 Å². The molecule has 108 valence electrons. The van der Waals surface area contributed by atoms with E-state index in [2.05, 4.69) is 60.9 Å². The van der Waals surface area contributed by atoms with E-state index in [9.17, 15) is 0 Å². The molecule has 0 aliphatic rings. The highest BCUT2D eigenvalue weighted by molar-refractivity contribution is 6.06. The van der Waals surface area contributed by atoms with Crippen LogP contribution in [0.25, 0.3) is 33.2 Å². The Morgan fingerprint density at radius 2 is 1.86 bits per heavy atom. The number of fused-ring (bicyclic) bond motifs is 3. The SMILES string of the molecule is Cc1ccc(-c2cc3c(cc2C)oc2ccncc23)[n+](C)c1. The van der Waals surface area contributed by atoms with E-state index in [1.54, 1.807) is 6.20 Å². The Balaban J connectivity index is 2.05. The Bertz CT molecular complexity index is 1010. The fourth-order valence-electron chi connectivity index (χ4n) is 3.07. The molecule has 0 aliphatic carbocycles. The van der Waals surface area contributed by atoms with Crippen LogP contribution in [0.2, 0.25) is 0 Å². The first-order valence-electron chi connectivity index (χ1n) is 7.37. The largest absolute Gasteiger partial charge is 0.456 e. The standard InChI is InChI=1S/C19H17N2O/c1-12-4-5-17(21(3)11-12)14-9-15-16-10-20-7-6-18(16)22-19(15)8-13(14)2/h4-11H,1-3H3/q+1. The molecule has 3 heteroatoms. The van der Waals surface area contributed by atoms with Crippen molar-refractivity contribution < 1.29 is 8.98 Å². The molecule has 0 spiro atoms. The molecule has 0 fully saturated rings. The Morgan fingerprint density at radius 1 is 1.00 bits per heavy atom. The molecule has 0 N–H and O–H groups in total. The maximum Gasteiger partial charge on any atom is 0.212 e. The quantitative estimate of drug-likeness (QED) is 0.494. The number of nitrogens with zero attached hydrogens (tertiary/aromatic N) is 2. The first-order chi connectivity index (χ1) is 10.6. The van der Waals surface area contributed by atoms with Crippen LogP contribution in [-0.4, -0.2) is 4.98 Å². The van der Waals surface area contributed by atoms with Crippen LogP contribution in [0.4, 0.5) is 0 Å². The zero-order valence-corrected chi connectivity index (χ0v) is 12.9. The lowest BCUT2D eigenvalue weighted by Gasteiger charge is -2.05. The van der Waals surface area contributed by atoms with Crippen molar-refractivity contribution in [2.45, 2.75) is 13.8 Å². The summed E-state index contributed by atoms with van der Waals surface area (Å²) in [5.41, 5.74) is 6.68. The fraction of sp³-hybridized carbons (Fsp3) is 0.158. The Morgan fingerprint density at radius 3 is 2.68 bits per heavy atom. The molecule has 3 heterocycles. The molecule has 0 saturated carbocycles. The summed E-state index contributed by atoms with van der Waals surface area (Å²) in [4.78, 5) is 4.22. The summed E-state index contributed by atoms with van der Waals surface area (Å²) in [6.07, 6.45) is 5.78. The number of furan rings is 1. The molecule has 0 bridgehead atoms. The third-order valence-electron chi connectivity index (χ3n) is 4.18. The summed E-state index contributed by atoms with van der Waals surface area (Å²) in [6, 6.07) is 10.6. The summed E-state index contributed by atoms with van der Waals surface area (Å²) >= 11 is 0. The number of rotatable bonds is 1. The van der Waals surface area contributed by atoms with Gasteiger partial charge in [-0.25, -0.2) is 4.57 Å². The summed E-state index contributed by atoms with van der Waals surface area (Å²) in [7, 11) is 2.08. The van der Waals surface area contributed by atoms with Crippen molar-refractivity contribution in [1.82, 2.24) is 4.98 Å². The molecule has 0 aliphatic heterocycles. The van der Waals surface area contributed by atoms with Crippen molar-refractivity contribution in [3.63, 3.8) is 0 Å². The van der Waals surface area contributed by atoms with Crippen molar-refractivity contribution in [2.75, 3.05) is 0 Å². The maximum absolute atomic E-state index is 5.93. The van der Waals surface area contributed by atoms with E-state index in [0.717, 1.165) is 21.9 Å². The Labute approximate surface area is 128 Å². The van der Waals surface area contributed by atoms with Gasteiger partial charge in [0.15, 0.2) is 6.20 Å². The van der Waals surface area contributed by atoms with Gasteiger partial charge >= 0.3 is 0 Å². The van der Waals surface area contributed by atoms with Crippen LogP contribution in [0.3, 0.4) is 0 Å². The molecular formula is C19H17N2O+. The van der Waals surface area contributed by atoms with Gasteiger partial charge in [0.05, 0.1) is 0 Å². The molecule has 1 aromatic carbocycles. The van der Waals surface area contributed by atoms with Crippen LogP contribution in [0.5, 0.6) is 0 Å². The van der Waals surface area contributed by atoms with E-state index in [4.69, 9.17) is 4.42 Å². The number of aromatic nitrogens is 2. The second-order valence-electron chi connectivity index (χ2n) is 5.84. The Kier molecular flexibility index (Phi) is 2.76. The second-order valence-corrected chi connectivity index (χ2v) is 5.84. The highest BCUT2D eigenvalue weighted by atomic mass is 16.3. The summed E-state index contributed by atoms with van der Waals surface area (Å²) in [5, 5.41) is 2.18. The minimum atomic E-state index is 0.884. The molecule has 0 saturated heterocycles.